The zero-order valence-corrected chi connectivity index (χ0v) is 18.2. The molecule has 8 heteroatoms. The highest BCUT2D eigenvalue weighted by molar-refractivity contribution is 6.48. The zero-order valence-electron chi connectivity index (χ0n) is 16.6. The van der Waals surface area contributed by atoms with Crippen LogP contribution in [0.3, 0.4) is 0 Å². The fraction of sp³-hybridized carbons (Fsp3) is 0.0417. The van der Waals surface area contributed by atoms with Gasteiger partial charge in [-0.05, 0) is 48.0 Å². The Labute approximate surface area is 194 Å². The second-order valence-corrected chi connectivity index (χ2v) is 7.85. The lowest BCUT2D eigenvalue weighted by atomic mass is 10.1. The largest absolute Gasteiger partial charge is 0.350 e. The van der Waals surface area contributed by atoms with Crippen LogP contribution in [0, 0.1) is 0 Å². The lowest BCUT2D eigenvalue weighted by Crippen LogP contribution is -2.31. The first-order valence-electron chi connectivity index (χ1n) is 9.66. The monoisotopic (exact) mass is 465 g/mol. The van der Waals surface area contributed by atoms with E-state index in [1.807, 2.05) is 30.3 Å². The standard InChI is InChI=1S/C24H17Cl2N3O3/c25-17-9-11-18(12-10-17)28-22(30)16-7-4-8-19(13-16)27-21-20(26)23(31)29(24(21)32)14-15-5-2-1-3-6-15/h1-13,27H,14H2,(H,28,30). The first-order valence-corrected chi connectivity index (χ1v) is 10.4. The number of rotatable bonds is 6. The van der Waals surface area contributed by atoms with Crippen molar-refractivity contribution in [2.75, 3.05) is 10.6 Å². The molecule has 0 saturated carbocycles. The van der Waals surface area contributed by atoms with Crippen LogP contribution in [0.5, 0.6) is 0 Å². The van der Waals surface area contributed by atoms with Gasteiger partial charge >= 0.3 is 0 Å². The van der Waals surface area contributed by atoms with E-state index in [9.17, 15) is 14.4 Å². The lowest BCUT2D eigenvalue weighted by molar-refractivity contribution is -0.138. The van der Waals surface area contributed by atoms with E-state index in [1.165, 1.54) is 0 Å². The summed E-state index contributed by atoms with van der Waals surface area (Å²) in [5.41, 5.74) is 2.18. The molecule has 3 amide bonds. The molecule has 6 nitrogen and oxygen atoms in total. The van der Waals surface area contributed by atoms with Crippen LogP contribution >= 0.6 is 23.2 Å². The van der Waals surface area contributed by atoms with E-state index in [-0.39, 0.29) is 23.2 Å². The van der Waals surface area contributed by atoms with E-state index in [0.29, 0.717) is 22.0 Å². The van der Waals surface area contributed by atoms with Gasteiger partial charge in [-0.2, -0.15) is 0 Å². The van der Waals surface area contributed by atoms with Crippen LogP contribution in [0.2, 0.25) is 5.02 Å². The van der Waals surface area contributed by atoms with E-state index >= 15 is 0 Å². The molecule has 0 atom stereocenters. The maximum absolute atomic E-state index is 12.8. The Kier molecular flexibility index (Phi) is 6.25. The number of halogens is 2. The van der Waals surface area contributed by atoms with E-state index in [1.54, 1.807) is 48.5 Å². The molecule has 160 valence electrons. The van der Waals surface area contributed by atoms with Crippen molar-refractivity contribution in [2.24, 2.45) is 0 Å². The molecule has 0 bridgehead atoms. The third-order valence-electron chi connectivity index (χ3n) is 4.79. The second-order valence-electron chi connectivity index (χ2n) is 7.04. The maximum atomic E-state index is 12.8. The molecule has 0 spiro atoms. The van der Waals surface area contributed by atoms with Crippen LogP contribution in [0.4, 0.5) is 11.4 Å². The molecule has 1 aliphatic heterocycles. The van der Waals surface area contributed by atoms with Crippen LogP contribution in [0.25, 0.3) is 0 Å². The lowest BCUT2D eigenvalue weighted by Gasteiger charge is -2.15. The van der Waals surface area contributed by atoms with Gasteiger partial charge in [0.05, 0.1) is 6.54 Å². The number of hydrogen-bond acceptors (Lipinski definition) is 4. The summed E-state index contributed by atoms with van der Waals surface area (Å²) in [7, 11) is 0. The van der Waals surface area contributed by atoms with Crippen molar-refractivity contribution >= 4 is 52.3 Å². The molecule has 3 aromatic carbocycles. The molecule has 1 heterocycles. The summed E-state index contributed by atoms with van der Waals surface area (Å²) < 4.78 is 0. The van der Waals surface area contributed by atoms with Gasteiger partial charge in [-0.15, -0.1) is 0 Å². The third kappa shape index (κ3) is 4.66. The molecule has 2 N–H and O–H groups in total. The zero-order chi connectivity index (χ0) is 22.7. The quantitative estimate of drug-likeness (QED) is 0.500. The molecular formula is C24H17Cl2N3O3. The van der Waals surface area contributed by atoms with E-state index in [0.717, 1.165) is 10.5 Å². The second kappa shape index (κ2) is 9.26. The van der Waals surface area contributed by atoms with Crippen molar-refractivity contribution in [1.29, 1.82) is 0 Å². The highest BCUT2D eigenvalue weighted by Gasteiger charge is 2.37. The molecule has 0 unspecified atom stereocenters. The first-order chi connectivity index (χ1) is 15.4. The van der Waals surface area contributed by atoms with Gasteiger partial charge < -0.3 is 10.6 Å². The Morgan fingerprint density at radius 2 is 1.53 bits per heavy atom. The van der Waals surface area contributed by atoms with Crippen LogP contribution < -0.4 is 10.6 Å². The van der Waals surface area contributed by atoms with Crippen LogP contribution in [-0.4, -0.2) is 22.6 Å². The maximum Gasteiger partial charge on any atom is 0.279 e. The summed E-state index contributed by atoms with van der Waals surface area (Å²) in [6.07, 6.45) is 0. The fourth-order valence-electron chi connectivity index (χ4n) is 3.18. The summed E-state index contributed by atoms with van der Waals surface area (Å²) in [6, 6.07) is 22.4. The summed E-state index contributed by atoms with van der Waals surface area (Å²) in [4.78, 5) is 39.0. The summed E-state index contributed by atoms with van der Waals surface area (Å²) in [5, 5.41) is 6.04. The van der Waals surface area contributed by atoms with Gasteiger partial charge in [-0.3, -0.25) is 19.3 Å². The smallest absolute Gasteiger partial charge is 0.279 e. The molecule has 0 aromatic heterocycles. The average molecular weight is 466 g/mol. The van der Waals surface area contributed by atoms with Gasteiger partial charge in [-0.1, -0.05) is 59.6 Å². The Hall–Kier alpha value is -3.61. The van der Waals surface area contributed by atoms with Crippen molar-refractivity contribution in [3.63, 3.8) is 0 Å². The fourth-order valence-corrected chi connectivity index (χ4v) is 3.54. The Morgan fingerprint density at radius 1 is 0.812 bits per heavy atom. The predicted molar refractivity (Wildman–Crippen MR) is 124 cm³/mol. The van der Waals surface area contributed by atoms with Crippen LogP contribution in [0.15, 0.2) is 89.6 Å². The number of carbonyl (C=O) groups excluding carboxylic acids is 3. The van der Waals surface area contributed by atoms with Gasteiger partial charge in [0.15, 0.2) is 0 Å². The van der Waals surface area contributed by atoms with Crippen molar-refractivity contribution < 1.29 is 14.4 Å². The first kappa shape index (κ1) is 21.6. The van der Waals surface area contributed by atoms with Crippen molar-refractivity contribution in [3.05, 3.63) is 106 Å². The molecule has 3 aromatic rings. The van der Waals surface area contributed by atoms with Crippen molar-refractivity contribution in [3.8, 4) is 0 Å². The Bertz CT molecular complexity index is 1220. The topological polar surface area (TPSA) is 78.5 Å². The summed E-state index contributed by atoms with van der Waals surface area (Å²) in [5.74, 6) is -1.44. The van der Waals surface area contributed by atoms with Gasteiger partial charge in [0.1, 0.15) is 10.7 Å². The molecule has 32 heavy (non-hydrogen) atoms. The summed E-state index contributed by atoms with van der Waals surface area (Å²) in [6.45, 7) is 0.115. The number of nitrogens with one attached hydrogen (secondary N) is 2. The van der Waals surface area contributed by atoms with Crippen molar-refractivity contribution in [1.82, 2.24) is 4.90 Å². The van der Waals surface area contributed by atoms with E-state index < -0.39 is 11.8 Å². The Balaban J connectivity index is 1.49. The van der Waals surface area contributed by atoms with Gasteiger partial charge in [-0.25, -0.2) is 0 Å². The van der Waals surface area contributed by atoms with Crippen LogP contribution in [0.1, 0.15) is 15.9 Å². The molecule has 0 aliphatic carbocycles. The minimum atomic E-state index is -0.570. The predicted octanol–water partition coefficient (Wildman–Crippen LogP) is 5.02. The number of imide groups is 1. The minimum Gasteiger partial charge on any atom is -0.350 e. The summed E-state index contributed by atoms with van der Waals surface area (Å²) >= 11 is 12.0. The molecular weight excluding hydrogens is 449 g/mol. The number of carbonyl (C=O) groups is 3. The molecule has 1 aliphatic rings. The van der Waals surface area contributed by atoms with Crippen molar-refractivity contribution in [2.45, 2.75) is 6.54 Å². The number of benzene rings is 3. The molecule has 0 fully saturated rings. The number of nitrogens with zero attached hydrogens (tertiary/aromatic N) is 1. The molecule has 4 rings (SSSR count). The van der Waals surface area contributed by atoms with Gasteiger partial charge in [0.25, 0.3) is 17.7 Å². The normalized spacial score (nSPS) is 13.5. The van der Waals surface area contributed by atoms with E-state index in [2.05, 4.69) is 10.6 Å². The molecule has 0 saturated heterocycles. The van der Waals surface area contributed by atoms with Gasteiger partial charge in [0, 0.05) is 22.0 Å². The highest BCUT2D eigenvalue weighted by Crippen LogP contribution is 2.27. The average Bonchev–Trinajstić information content (AvgIpc) is 3.00. The number of amides is 3. The third-order valence-corrected chi connectivity index (χ3v) is 5.39. The number of hydrogen-bond donors (Lipinski definition) is 2. The Morgan fingerprint density at radius 3 is 2.25 bits per heavy atom. The SMILES string of the molecule is O=C(Nc1ccc(Cl)cc1)c1cccc(NC2=C(Cl)C(=O)N(Cc3ccccc3)C2=O)c1. The highest BCUT2D eigenvalue weighted by atomic mass is 35.5. The van der Waals surface area contributed by atoms with E-state index in [4.69, 9.17) is 23.2 Å². The minimum absolute atomic E-state index is 0.0251. The van der Waals surface area contributed by atoms with Gasteiger partial charge in [0.2, 0.25) is 0 Å². The van der Waals surface area contributed by atoms with Crippen LogP contribution in [-0.2, 0) is 16.1 Å². The number of anilines is 2. The molecule has 0 radical (unpaired) electrons.